The lowest BCUT2D eigenvalue weighted by Crippen LogP contribution is -2.49. The molecule has 152 valence electrons. The van der Waals surface area contributed by atoms with Gasteiger partial charge in [-0.2, -0.15) is 0 Å². The average Bonchev–Trinajstić information content (AvgIpc) is 2.91. The molecule has 0 unspecified atom stereocenters. The summed E-state index contributed by atoms with van der Waals surface area (Å²) in [5, 5.41) is 2.89. The van der Waals surface area contributed by atoms with Gasteiger partial charge in [-0.15, -0.1) is 0 Å². The zero-order chi connectivity index (χ0) is 20.4. The Morgan fingerprint density at radius 1 is 1.18 bits per heavy atom. The third-order valence-corrected chi connectivity index (χ3v) is 6.06. The molecule has 7 heteroatoms. The van der Waals surface area contributed by atoms with Gasteiger partial charge in [-0.3, -0.25) is 19.2 Å². The Hall–Kier alpha value is -2.38. The summed E-state index contributed by atoms with van der Waals surface area (Å²) in [5.74, 6) is -0.146. The van der Waals surface area contributed by atoms with Crippen molar-refractivity contribution in [3.8, 4) is 5.69 Å². The van der Waals surface area contributed by atoms with Gasteiger partial charge in [-0.05, 0) is 66.0 Å². The van der Waals surface area contributed by atoms with Crippen molar-refractivity contribution in [3.63, 3.8) is 0 Å². The molecule has 0 spiro atoms. The third-order valence-electron chi connectivity index (χ3n) is 6.06. The number of nitrogens with zero attached hydrogens (tertiary/aromatic N) is 4. The molecule has 1 atom stereocenters. The summed E-state index contributed by atoms with van der Waals surface area (Å²) in [6.07, 6.45) is 2.10. The van der Waals surface area contributed by atoms with Crippen molar-refractivity contribution < 1.29 is 4.79 Å². The van der Waals surface area contributed by atoms with Gasteiger partial charge in [0, 0.05) is 13.1 Å². The number of hydrogen-bond donors (Lipinski definition) is 1. The summed E-state index contributed by atoms with van der Waals surface area (Å²) in [7, 11) is 5.95. The Kier molecular flexibility index (Phi) is 6.05. The lowest BCUT2D eigenvalue weighted by molar-refractivity contribution is -0.121. The number of carbonyl (C=O) groups is 1. The number of nitrogens with one attached hydrogen (secondary N) is 1. The van der Waals surface area contributed by atoms with Crippen LogP contribution < -0.4 is 10.9 Å². The fraction of sp³-hybridized carbons (Fsp3) is 0.524. The van der Waals surface area contributed by atoms with Gasteiger partial charge in [0.25, 0.3) is 5.56 Å². The van der Waals surface area contributed by atoms with E-state index in [0.29, 0.717) is 11.7 Å². The smallest absolute Gasteiger partial charge is 0.295 e. The maximum atomic E-state index is 13.0. The van der Waals surface area contributed by atoms with Gasteiger partial charge >= 0.3 is 0 Å². The van der Waals surface area contributed by atoms with Crippen LogP contribution in [0.4, 0.5) is 5.69 Å². The molecule has 0 bridgehead atoms. The van der Waals surface area contributed by atoms with Crippen LogP contribution >= 0.6 is 0 Å². The summed E-state index contributed by atoms with van der Waals surface area (Å²) >= 11 is 0. The van der Waals surface area contributed by atoms with E-state index in [-0.39, 0.29) is 17.5 Å². The number of aromatic nitrogens is 2. The van der Waals surface area contributed by atoms with Crippen LogP contribution in [-0.4, -0.2) is 64.3 Å². The van der Waals surface area contributed by atoms with Crippen LogP contribution in [0.3, 0.4) is 0 Å². The number of amides is 1. The number of carbonyl (C=O) groups excluding carboxylic acids is 1. The second kappa shape index (κ2) is 8.32. The van der Waals surface area contributed by atoms with Crippen molar-refractivity contribution in [1.29, 1.82) is 0 Å². The van der Waals surface area contributed by atoms with Gasteiger partial charge in [0.2, 0.25) is 5.91 Å². The number of rotatable bonds is 5. The topological polar surface area (TPSA) is 62.5 Å². The van der Waals surface area contributed by atoms with E-state index < -0.39 is 0 Å². The lowest BCUT2D eigenvalue weighted by Gasteiger charge is -2.37. The van der Waals surface area contributed by atoms with E-state index in [4.69, 9.17) is 0 Å². The molecule has 0 radical (unpaired) electrons. The first-order chi connectivity index (χ1) is 13.3. The van der Waals surface area contributed by atoms with Crippen LogP contribution in [0.5, 0.6) is 0 Å². The molecule has 3 rings (SSSR count). The minimum Gasteiger partial charge on any atom is -0.319 e. The van der Waals surface area contributed by atoms with Crippen LogP contribution in [-0.2, 0) is 11.8 Å². The number of piperidine rings is 1. The quantitative estimate of drug-likeness (QED) is 0.853. The highest BCUT2D eigenvalue weighted by atomic mass is 16.2. The van der Waals surface area contributed by atoms with Crippen LogP contribution in [0, 0.1) is 6.92 Å². The predicted octanol–water partition coefficient (Wildman–Crippen LogP) is 1.84. The first kappa shape index (κ1) is 20.4. The molecular weight excluding hydrogens is 354 g/mol. The van der Waals surface area contributed by atoms with E-state index in [9.17, 15) is 9.59 Å². The lowest BCUT2D eigenvalue weighted by atomic mass is 10.0. The first-order valence-corrected chi connectivity index (χ1v) is 9.86. The van der Waals surface area contributed by atoms with E-state index in [1.807, 2.05) is 58.3 Å². The molecule has 1 aromatic heterocycles. The van der Waals surface area contributed by atoms with Crippen molar-refractivity contribution in [2.24, 2.45) is 7.05 Å². The van der Waals surface area contributed by atoms with Crippen molar-refractivity contribution in [3.05, 3.63) is 46.4 Å². The summed E-state index contributed by atoms with van der Waals surface area (Å²) in [6, 6.07) is 9.52. The van der Waals surface area contributed by atoms with Crippen LogP contribution in [0.2, 0.25) is 0 Å². The van der Waals surface area contributed by atoms with Crippen LogP contribution in [0.25, 0.3) is 5.69 Å². The van der Waals surface area contributed by atoms with Gasteiger partial charge in [0.15, 0.2) is 0 Å². The average molecular weight is 386 g/mol. The second-order valence-corrected chi connectivity index (χ2v) is 7.80. The predicted molar refractivity (Wildman–Crippen MR) is 112 cm³/mol. The Bertz CT molecular complexity index is 878. The molecule has 1 aliphatic rings. The van der Waals surface area contributed by atoms with E-state index in [0.717, 1.165) is 37.3 Å². The molecule has 1 N–H and O–H groups in total. The van der Waals surface area contributed by atoms with E-state index in [1.54, 1.807) is 9.36 Å². The first-order valence-electron chi connectivity index (χ1n) is 9.86. The van der Waals surface area contributed by atoms with Gasteiger partial charge in [-0.1, -0.05) is 18.2 Å². The highest BCUT2D eigenvalue weighted by Gasteiger charge is 2.28. The molecule has 1 amide bonds. The van der Waals surface area contributed by atoms with Gasteiger partial charge < -0.3 is 10.2 Å². The van der Waals surface area contributed by atoms with E-state index >= 15 is 0 Å². The Balaban J connectivity index is 1.78. The minimum absolute atomic E-state index is 0.146. The maximum absolute atomic E-state index is 13.0. The highest BCUT2D eigenvalue weighted by molar-refractivity contribution is 5.95. The molecule has 1 saturated heterocycles. The molecule has 1 aliphatic heterocycles. The summed E-state index contributed by atoms with van der Waals surface area (Å²) in [4.78, 5) is 30.3. The molecule has 2 aromatic rings. The minimum atomic E-state index is -0.308. The van der Waals surface area contributed by atoms with Crippen molar-refractivity contribution in [2.75, 3.05) is 32.5 Å². The van der Waals surface area contributed by atoms with E-state index in [2.05, 4.69) is 22.2 Å². The monoisotopic (exact) mass is 385 g/mol. The maximum Gasteiger partial charge on any atom is 0.295 e. The number of benzene rings is 1. The Morgan fingerprint density at radius 2 is 1.79 bits per heavy atom. The number of anilines is 1. The fourth-order valence-corrected chi connectivity index (χ4v) is 3.84. The molecule has 2 heterocycles. The van der Waals surface area contributed by atoms with Gasteiger partial charge in [-0.25, -0.2) is 4.68 Å². The SMILES string of the molecule is Cc1c(NC(=O)[C@@H](C)N(C)C2CCN(C)CC2)c(=O)n(-c2ccccc2)n1C. The summed E-state index contributed by atoms with van der Waals surface area (Å²) in [6.45, 7) is 5.84. The van der Waals surface area contributed by atoms with Crippen LogP contribution in [0.15, 0.2) is 35.1 Å². The molecule has 7 nitrogen and oxygen atoms in total. The van der Waals surface area contributed by atoms with Crippen LogP contribution in [0.1, 0.15) is 25.5 Å². The standard InChI is InChI=1S/C21H31N5O2/c1-15-19(21(28)26(25(15)5)18-9-7-6-8-10-18)22-20(27)16(2)24(4)17-11-13-23(3)14-12-17/h6-10,16-17H,11-14H2,1-5H3,(H,22,27)/t16-/m1/s1. The van der Waals surface area contributed by atoms with E-state index in [1.165, 1.54) is 0 Å². The normalized spacial score (nSPS) is 17.1. The molecule has 0 saturated carbocycles. The van der Waals surface area contributed by atoms with Gasteiger partial charge in [0.05, 0.1) is 17.4 Å². The highest BCUT2D eigenvalue weighted by Crippen LogP contribution is 2.18. The molecule has 1 aromatic carbocycles. The zero-order valence-electron chi connectivity index (χ0n) is 17.5. The zero-order valence-corrected chi connectivity index (χ0v) is 17.5. The van der Waals surface area contributed by atoms with Gasteiger partial charge in [0.1, 0.15) is 5.69 Å². The molecule has 1 fully saturated rings. The fourth-order valence-electron chi connectivity index (χ4n) is 3.84. The summed E-state index contributed by atoms with van der Waals surface area (Å²) in [5.41, 5.74) is 1.64. The van der Waals surface area contributed by atoms with Crippen molar-refractivity contribution in [1.82, 2.24) is 19.2 Å². The summed E-state index contributed by atoms with van der Waals surface area (Å²) < 4.78 is 3.36. The number of hydrogen-bond acceptors (Lipinski definition) is 4. The number of likely N-dealkylation sites (N-methyl/N-ethyl adjacent to an activating group) is 1. The molecule has 0 aliphatic carbocycles. The molecule has 28 heavy (non-hydrogen) atoms. The number of likely N-dealkylation sites (tertiary alicyclic amines) is 1. The Morgan fingerprint density at radius 3 is 2.39 bits per heavy atom. The second-order valence-electron chi connectivity index (χ2n) is 7.80. The van der Waals surface area contributed by atoms with Crippen molar-refractivity contribution >= 4 is 11.6 Å². The third kappa shape index (κ3) is 3.91. The van der Waals surface area contributed by atoms with Crippen molar-refractivity contribution in [2.45, 2.75) is 38.8 Å². The molecular formula is C21H31N5O2. The largest absolute Gasteiger partial charge is 0.319 e. The Labute approximate surface area is 166 Å². The number of para-hydroxylation sites is 1.